The smallest absolute Gasteiger partial charge is 0.00529 e. The minimum atomic E-state index is 0.563. The largest absolute Gasteiger partial charge is 0.0894 e. The van der Waals surface area contributed by atoms with Gasteiger partial charge < -0.3 is 0 Å². The maximum Gasteiger partial charge on any atom is -0.00529 e. The van der Waals surface area contributed by atoms with Crippen LogP contribution in [0.15, 0.2) is 10.2 Å². The zero-order chi connectivity index (χ0) is 18.7. The maximum atomic E-state index is 4.38. The molecule has 4 aliphatic rings. The van der Waals surface area contributed by atoms with Crippen LogP contribution in [0.5, 0.6) is 0 Å². The molecule has 0 radical (unpaired) electrons. The Morgan fingerprint density at radius 2 is 1.69 bits per heavy atom. The Bertz CT molecular complexity index is 567. The summed E-state index contributed by atoms with van der Waals surface area (Å²) in [4.78, 5) is 0. The Balaban J connectivity index is 1.62. The van der Waals surface area contributed by atoms with E-state index < -0.39 is 0 Å². The van der Waals surface area contributed by atoms with Gasteiger partial charge in [-0.25, -0.2) is 0 Å². The number of hydrogen-bond donors (Lipinski definition) is 0. The molecular formula is C25H41I. The summed E-state index contributed by atoms with van der Waals surface area (Å²) in [6.07, 6.45) is 16.4. The molecule has 0 aromatic carbocycles. The van der Waals surface area contributed by atoms with Crippen molar-refractivity contribution in [2.24, 2.45) is 45.8 Å². The molecule has 0 aromatic rings. The molecular weight excluding hydrogens is 427 g/mol. The number of rotatable bonds is 3. The normalized spacial score (nSPS) is 53.5. The number of halogens is 1. The SMILES string of the molecule is C=C(I)[C@H]1CC[C@H]2[C@@H]3CC[C@@H]4C[C@@](C)(CC)CC[C@]4(CC)[C@H]3CC[C@]12C. The van der Waals surface area contributed by atoms with Gasteiger partial charge in [0, 0.05) is 0 Å². The Labute approximate surface area is 176 Å². The van der Waals surface area contributed by atoms with Crippen molar-refractivity contribution in [3.05, 3.63) is 10.2 Å². The minimum absolute atomic E-state index is 0.563. The van der Waals surface area contributed by atoms with Gasteiger partial charge in [-0.1, -0.05) is 40.7 Å². The second-order valence-electron chi connectivity index (χ2n) is 11.2. The van der Waals surface area contributed by atoms with E-state index in [0.717, 1.165) is 29.6 Å². The quantitative estimate of drug-likeness (QED) is 0.365. The van der Waals surface area contributed by atoms with Gasteiger partial charge in [-0.3, -0.25) is 0 Å². The lowest BCUT2D eigenvalue weighted by atomic mass is 9.42. The van der Waals surface area contributed by atoms with E-state index in [0.29, 0.717) is 16.2 Å². The topological polar surface area (TPSA) is 0 Å². The molecule has 0 aromatic heterocycles. The van der Waals surface area contributed by atoms with E-state index in [1.807, 2.05) is 0 Å². The van der Waals surface area contributed by atoms with E-state index in [4.69, 9.17) is 0 Å². The van der Waals surface area contributed by atoms with Crippen LogP contribution >= 0.6 is 22.6 Å². The van der Waals surface area contributed by atoms with E-state index >= 15 is 0 Å². The molecule has 0 aliphatic heterocycles. The molecule has 26 heavy (non-hydrogen) atoms. The lowest BCUT2D eigenvalue weighted by Crippen LogP contribution is -2.55. The van der Waals surface area contributed by atoms with Crippen molar-refractivity contribution in [3.63, 3.8) is 0 Å². The molecule has 0 unspecified atom stereocenters. The second kappa shape index (κ2) is 6.77. The zero-order valence-corrected chi connectivity index (χ0v) is 19.9. The molecule has 0 bridgehead atoms. The summed E-state index contributed by atoms with van der Waals surface area (Å²) >= 11 is 2.54. The highest BCUT2D eigenvalue weighted by atomic mass is 127. The Morgan fingerprint density at radius 3 is 2.35 bits per heavy atom. The Morgan fingerprint density at radius 1 is 0.923 bits per heavy atom. The number of allylic oxidation sites excluding steroid dienone is 1. The Hall–Kier alpha value is 0.470. The predicted molar refractivity (Wildman–Crippen MR) is 121 cm³/mol. The van der Waals surface area contributed by atoms with Gasteiger partial charge in [0.2, 0.25) is 0 Å². The summed E-state index contributed by atoms with van der Waals surface area (Å²) in [5.74, 6) is 4.86. The molecule has 0 N–H and O–H groups in total. The molecule has 4 saturated carbocycles. The highest BCUT2D eigenvalue weighted by molar-refractivity contribution is 14.1. The zero-order valence-electron chi connectivity index (χ0n) is 17.7. The summed E-state index contributed by atoms with van der Waals surface area (Å²) in [6, 6.07) is 0. The fourth-order valence-corrected chi connectivity index (χ4v) is 9.90. The highest BCUT2D eigenvalue weighted by Gasteiger charge is 2.61. The van der Waals surface area contributed by atoms with E-state index in [2.05, 4.69) is 56.9 Å². The van der Waals surface area contributed by atoms with Crippen LogP contribution in [0.2, 0.25) is 0 Å². The van der Waals surface area contributed by atoms with Crippen molar-refractivity contribution < 1.29 is 0 Å². The fraction of sp³-hybridized carbons (Fsp3) is 0.920. The molecule has 0 spiro atoms. The van der Waals surface area contributed by atoms with Crippen LogP contribution in [0.3, 0.4) is 0 Å². The molecule has 4 fully saturated rings. The minimum Gasteiger partial charge on any atom is -0.0894 e. The van der Waals surface area contributed by atoms with E-state index in [-0.39, 0.29) is 0 Å². The van der Waals surface area contributed by atoms with Crippen molar-refractivity contribution >= 4 is 22.6 Å². The third kappa shape index (κ3) is 2.71. The van der Waals surface area contributed by atoms with E-state index in [9.17, 15) is 0 Å². The lowest BCUT2D eigenvalue weighted by Gasteiger charge is -2.63. The van der Waals surface area contributed by atoms with Crippen molar-refractivity contribution in [2.45, 2.75) is 98.3 Å². The molecule has 1 heteroatoms. The van der Waals surface area contributed by atoms with Gasteiger partial charge in [-0.05, 0) is 136 Å². The first-order valence-electron chi connectivity index (χ1n) is 11.6. The summed E-state index contributed by atoms with van der Waals surface area (Å²) in [5, 5.41) is 0. The van der Waals surface area contributed by atoms with Crippen molar-refractivity contribution in [1.29, 1.82) is 0 Å². The molecule has 4 rings (SSSR count). The van der Waals surface area contributed by atoms with Crippen LogP contribution in [-0.2, 0) is 0 Å². The van der Waals surface area contributed by atoms with Gasteiger partial charge in [-0.2, -0.15) is 0 Å². The van der Waals surface area contributed by atoms with Crippen LogP contribution in [0.25, 0.3) is 0 Å². The Kier molecular flexibility index (Phi) is 5.15. The van der Waals surface area contributed by atoms with Crippen LogP contribution in [0.4, 0.5) is 0 Å². The molecule has 4 aliphatic carbocycles. The van der Waals surface area contributed by atoms with Crippen LogP contribution in [0, 0.1) is 45.8 Å². The molecule has 8 atom stereocenters. The summed E-state index contributed by atoms with van der Waals surface area (Å²) in [5.41, 5.74) is 1.89. The summed E-state index contributed by atoms with van der Waals surface area (Å²) in [6.45, 7) is 14.6. The first kappa shape index (κ1) is 19.8. The highest BCUT2D eigenvalue weighted by Crippen LogP contribution is 2.70. The van der Waals surface area contributed by atoms with Crippen LogP contribution in [0.1, 0.15) is 98.3 Å². The van der Waals surface area contributed by atoms with E-state index in [1.165, 1.54) is 74.2 Å². The average molecular weight is 469 g/mol. The fourth-order valence-electron chi connectivity index (χ4n) is 8.88. The van der Waals surface area contributed by atoms with Gasteiger partial charge in [0.05, 0.1) is 0 Å². The van der Waals surface area contributed by atoms with Gasteiger partial charge >= 0.3 is 0 Å². The average Bonchev–Trinajstić information content (AvgIpc) is 2.99. The third-order valence-corrected chi connectivity index (χ3v) is 11.4. The molecule has 0 heterocycles. The number of hydrogen-bond acceptors (Lipinski definition) is 0. The van der Waals surface area contributed by atoms with Gasteiger partial charge in [0.1, 0.15) is 0 Å². The lowest BCUT2D eigenvalue weighted by molar-refractivity contribution is -0.138. The number of fused-ring (bicyclic) bond motifs is 5. The van der Waals surface area contributed by atoms with Crippen LogP contribution < -0.4 is 0 Å². The summed E-state index contributed by atoms with van der Waals surface area (Å²) in [7, 11) is 0. The van der Waals surface area contributed by atoms with E-state index in [1.54, 1.807) is 0 Å². The van der Waals surface area contributed by atoms with Gasteiger partial charge in [-0.15, -0.1) is 0 Å². The molecule has 0 saturated heterocycles. The maximum absolute atomic E-state index is 4.38. The molecule has 0 amide bonds. The van der Waals surface area contributed by atoms with Crippen molar-refractivity contribution in [2.75, 3.05) is 0 Å². The van der Waals surface area contributed by atoms with Crippen molar-refractivity contribution in [3.8, 4) is 0 Å². The van der Waals surface area contributed by atoms with Crippen molar-refractivity contribution in [1.82, 2.24) is 0 Å². The standard InChI is InChI=1S/C25H41I/c1-6-23(4)14-15-25(7-2)18(16-23)8-9-19-21-11-10-20(17(3)26)24(21,5)13-12-22(19)25/h18-22H,3,6-16H2,1-2,4-5H3/t18-,19+,20-,21+,22+,23+,24-,25+/m1/s1. The third-order valence-electron chi connectivity index (χ3n) is 10.7. The monoisotopic (exact) mass is 468 g/mol. The van der Waals surface area contributed by atoms with Gasteiger partial charge in [0.25, 0.3) is 0 Å². The molecule has 0 nitrogen and oxygen atoms in total. The second-order valence-corrected chi connectivity index (χ2v) is 12.6. The predicted octanol–water partition coefficient (Wildman–Crippen LogP) is 8.40. The van der Waals surface area contributed by atoms with Gasteiger partial charge in [0.15, 0.2) is 0 Å². The first-order chi connectivity index (χ1) is 12.3. The molecule has 148 valence electrons. The summed E-state index contributed by atoms with van der Waals surface area (Å²) < 4.78 is 1.45. The van der Waals surface area contributed by atoms with Crippen LogP contribution in [-0.4, -0.2) is 0 Å². The first-order valence-corrected chi connectivity index (χ1v) is 12.7.